The van der Waals surface area contributed by atoms with Crippen LogP contribution in [0.2, 0.25) is 0 Å². The minimum atomic E-state index is -0.0435. The quantitative estimate of drug-likeness (QED) is 0.677. The number of H-pyrrole nitrogens is 2. The number of imidazole rings is 1. The van der Waals surface area contributed by atoms with E-state index in [-0.39, 0.29) is 5.56 Å². The van der Waals surface area contributed by atoms with Crippen molar-refractivity contribution < 1.29 is 0 Å². The first-order valence-corrected chi connectivity index (χ1v) is 8.00. The van der Waals surface area contributed by atoms with E-state index in [1.54, 1.807) is 22.7 Å². The van der Waals surface area contributed by atoms with Gasteiger partial charge in [0.25, 0.3) is 5.56 Å². The topological polar surface area (TPSA) is 66.5 Å². The molecule has 21 heavy (non-hydrogen) atoms. The summed E-state index contributed by atoms with van der Waals surface area (Å²) in [6.07, 6.45) is 1.64. The Hall–Kier alpha value is -1.86. The van der Waals surface area contributed by atoms with Gasteiger partial charge in [-0.1, -0.05) is 6.92 Å². The molecular weight excluding hydrogens is 304 g/mol. The van der Waals surface area contributed by atoms with Crippen molar-refractivity contribution in [3.05, 3.63) is 45.3 Å². The van der Waals surface area contributed by atoms with Crippen molar-refractivity contribution in [2.45, 2.75) is 17.7 Å². The molecule has 0 spiro atoms. The first-order chi connectivity index (χ1) is 10.1. The van der Waals surface area contributed by atoms with Crippen LogP contribution < -0.4 is 5.56 Å². The van der Waals surface area contributed by atoms with Gasteiger partial charge in [0, 0.05) is 17.4 Å². The van der Waals surface area contributed by atoms with Crippen LogP contribution in [0.1, 0.15) is 18.5 Å². The molecule has 0 saturated heterocycles. The van der Waals surface area contributed by atoms with Crippen molar-refractivity contribution in [2.24, 2.45) is 0 Å². The number of hydrogen-bond donors (Lipinski definition) is 2. The molecule has 2 aromatic heterocycles. The number of aromatic amines is 2. The third-order valence-corrected chi connectivity index (χ3v) is 5.35. The molecule has 0 aliphatic carbocycles. The number of thioether (sulfide) groups is 1. The van der Waals surface area contributed by atoms with E-state index in [0.29, 0.717) is 10.7 Å². The first kappa shape index (κ1) is 12.8. The minimum Gasteiger partial charge on any atom is -0.345 e. The van der Waals surface area contributed by atoms with Crippen LogP contribution in [0.15, 0.2) is 34.2 Å². The summed E-state index contributed by atoms with van der Waals surface area (Å²) >= 11 is 6.98. The van der Waals surface area contributed by atoms with Crippen molar-refractivity contribution in [3.63, 3.8) is 0 Å². The number of benzene rings is 1. The lowest BCUT2D eigenvalue weighted by atomic mass is 10.1. The highest BCUT2D eigenvalue weighted by Crippen LogP contribution is 2.35. The number of fused-ring (bicyclic) bond motifs is 2. The van der Waals surface area contributed by atoms with E-state index in [4.69, 9.17) is 12.2 Å². The summed E-state index contributed by atoms with van der Waals surface area (Å²) in [6, 6.07) is 5.65. The van der Waals surface area contributed by atoms with Crippen LogP contribution in [-0.4, -0.2) is 25.3 Å². The summed E-state index contributed by atoms with van der Waals surface area (Å²) in [5.41, 5.74) is 3.41. The Labute approximate surface area is 129 Å². The molecule has 7 heteroatoms. The second-order valence-electron chi connectivity index (χ2n) is 5.13. The summed E-state index contributed by atoms with van der Waals surface area (Å²) in [4.78, 5) is 24.0. The molecule has 4 rings (SSSR count). The van der Waals surface area contributed by atoms with Crippen LogP contribution in [0, 0.1) is 4.77 Å². The van der Waals surface area contributed by atoms with E-state index in [2.05, 4.69) is 21.9 Å². The minimum absolute atomic E-state index is 0.0435. The largest absolute Gasteiger partial charge is 0.345 e. The first-order valence-electron chi connectivity index (χ1n) is 6.60. The van der Waals surface area contributed by atoms with Crippen molar-refractivity contribution in [1.82, 2.24) is 19.5 Å². The summed E-state index contributed by atoms with van der Waals surface area (Å²) in [7, 11) is 0. The highest BCUT2D eigenvalue weighted by Gasteiger charge is 2.25. The van der Waals surface area contributed by atoms with Crippen LogP contribution in [-0.2, 0) is 0 Å². The molecule has 106 valence electrons. The molecule has 0 saturated carbocycles. The molecule has 2 N–H and O–H groups in total. The van der Waals surface area contributed by atoms with Crippen molar-refractivity contribution >= 4 is 35.0 Å². The summed E-state index contributed by atoms with van der Waals surface area (Å²) in [5.74, 6) is 1.25. The molecule has 0 fully saturated rings. The number of rotatable bonds is 1. The third kappa shape index (κ3) is 1.88. The fourth-order valence-electron chi connectivity index (χ4n) is 2.61. The maximum absolute atomic E-state index is 12.7. The van der Waals surface area contributed by atoms with Crippen molar-refractivity contribution in [3.8, 4) is 5.69 Å². The monoisotopic (exact) mass is 316 g/mol. The molecule has 0 bridgehead atoms. The Kier molecular flexibility index (Phi) is 2.80. The molecule has 0 amide bonds. The average molecular weight is 316 g/mol. The van der Waals surface area contributed by atoms with Gasteiger partial charge >= 0.3 is 0 Å². The van der Waals surface area contributed by atoms with Gasteiger partial charge < -0.3 is 9.97 Å². The lowest BCUT2D eigenvalue weighted by Crippen LogP contribution is -2.22. The van der Waals surface area contributed by atoms with Gasteiger partial charge in [-0.05, 0) is 30.4 Å². The van der Waals surface area contributed by atoms with Crippen LogP contribution in [0.4, 0.5) is 0 Å². The van der Waals surface area contributed by atoms with E-state index in [1.165, 1.54) is 0 Å². The summed E-state index contributed by atoms with van der Waals surface area (Å²) < 4.78 is 1.98. The predicted molar refractivity (Wildman–Crippen MR) is 86.0 cm³/mol. The normalized spacial score (nSPS) is 17.3. The van der Waals surface area contributed by atoms with Gasteiger partial charge in [0.15, 0.2) is 4.77 Å². The van der Waals surface area contributed by atoms with Gasteiger partial charge in [0.1, 0.15) is 0 Å². The fraction of sp³-hybridized carbons (Fsp3) is 0.214. The molecule has 1 aliphatic heterocycles. The smallest absolute Gasteiger partial charge is 0.272 e. The van der Waals surface area contributed by atoms with E-state index >= 15 is 0 Å². The second-order valence-corrected chi connectivity index (χ2v) is 6.55. The Morgan fingerprint density at radius 2 is 2.33 bits per heavy atom. The molecule has 1 atom stereocenters. The van der Waals surface area contributed by atoms with Gasteiger partial charge in [-0.2, -0.15) is 0 Å². The zero-order chi connectivity index (χ0) is 14.6. The summed E-state index contributed by atoms with van der Waals surface area (Å²) in [6.45, 7) is 2.10. The van der Waals surface area contributed by atoms with Crippen molar-refractivity contribution in [2.75, 3.05) is 5.75 Å². The van der Waals surface area contributed by atoms with Gasteiger partial charge in [0.2, 0.25) is 0 Å². The molecule has 3 aromatic rings. The predicted octanol–water partition coefficient (Wildman–Crippen LogP) is 2.98. The van der Waals surface area contributed by atoms with Gasteiger partial charge in [0.05, 0.1) is 27.9 Å². The molecular formula is C14H12N4OS2. The maximum Gasteiger partial charge on any atom is 0.272 e. The fourth-order valence-corrected chi connectivity index (χ4v) is 4.11. The highest BCUT2D eigenvalue weighted by atomic mass is 32.2. The lowest BCUT2D eigenvalue weighted by Gasteiger charge is -2.10. The number of nitrogens with zero attached hydrogens (tertiary/aromatic N) is 2. The maximum atomic E-state index is 12.7. The van der Waals surface area contributed by atoms with Crippen LogP contribution in [0.25, 0.3) is 16.7 Å². The third-order valence-electron chi connectivity index (χ3n) is 3.72. The standard InChI is InChI=1S/C14H12N4OS2/c1-7-5-21-12-11(7)17-14(20)18(13(12)19)8-2-3-9-10(4-8)16-6-15-9/h2-4,6-7H,5H2,1H3,(H,15,16)(H,17,20). The van der Waals surface area contributed by atoms with Gasteiger partial charge in [-0.3, -0.25) is 9.36 Å². The Morgan fingerprint density at radius 1 is 1.48 bits per heavy atom. The average Bonchev–Trinajstić information content (AvgIpc) is 3.06. The second kappa shape index (κ2) is 4.57. The van der Waals surface area contributed by atoms with Crippen LogP contribution in [0.3, 0.4) is 0 Å². The van der Waals surface area contributed by atoms with E-state index in [9.17, 15) is 4.79 Å². The van der Waals surface area contributed by atoms with E-state index in [1.807, 2.05) is 18.2 Å². The SMILES string of the molecule is CC1CSc2c1[nH]c(=S)n(-c1ccc3[nH]cnc3c1)c2=O. The molecule has 1 aromatic carbocycles. The number of nitrogens with one attached hydrogen (secondary N) is 2. The molecule has 3 heterocycles. The molecule has 1 aliphatic rings. The Balaban J connectivity index is 2.01. The van der Waals surface area contributed by atoms with E-state index < -0.39 is 0 Å². The highest BCUT2D eigenvalue weighted by molar-refractivity contribution is 7.99. The summed E-state index contributed by atoms with van der Waals surface area (Å²) in [5, 5.41) is 0. The number of hydrogen-bond acceptors (Lipinski definition) is 4. The zero-order valence-electron chi connectivity index (χ0n) is 11.2. The Bertz CT molecular complexity index is 969. The molecule has 1 unspecified atom stereocenters. The Morgan fingerprint density at radius 3 is 3.19 bits per heavy atom. The number of aromatic nitrogens is 4. The van der Waals surface area contributed by atoms with Gasteiger partial charge in [-0.15, -0.1) is 11.8 Å². The van der Waals surface area contributed by atoms with Crippen molar-refractivity contribution in [1.29, 1.82) is 0 Å². The van der Waals surface area contributed by atoms with Gasteiger partial charge in [-0.25, -0.2) is 4.98 Å². The van der Waals surface area contributed by atoms with E-state index in [0.717, 1.165) is 33.1 Å². The zero-order valence-corrected chi connectivity index (χ0v) is 12.8. The lowest BCUT2D eigenvalue weighted by molar-refractivity contribution is 0.770. The van der Waals surface area contributed by atoms with Crippen LogP contribution in [0.5, 0.6) is 0 Å². The van der Waals surface area contributed by atoms with Crippen LogP contribution >= 0.6 is 24.0 Å². The molecule has 5 nitrogen and oxygen atoms in total. The molecule has 0 radical (unpaired) electrons.